The number of nitrogens with zero attached hydrogens (tertiary/aromatic N) is 1. The van der Waals surface area contributed by atoms with Gasteiger partial charge in [-0.2, -0.15) is 0 Å². The molecule has 1 heterocycles. The lowest BCUT2D eigenvalue weighted by Crippen LogP contribution is -2.55. The molecule has 3 nitrogen and oxygen atoms in total. The monoisotopic (exact) mass is 215 g/mol. The number of ether oxygens (including phenoxy) is 1. The smallest absolute Gasteiger partial charge is 0.0579 e. The summed E-state index contributed by atoms with van der Waals surface area (Å²) in [4.78, 5) is 2.45. The van der Waals surface area contributed by atoms with Crippen LogP contribution >= 0.6 is 0 Å². The van der Waals surface area contributed by atoms with E-state index < -0.39 is 0 Å². The second-order valence-corrected chi connectivity index (χ2v) is 5.20. The first kappa shape index (κ1) is 12.9. The van der Waals surface area contributed by atoms with Crippen molar-refractivity contribution >= 4 is 0 Å². The summed E-state index contributed by atoms with van der Waals surface area (Å²) in [6, 6.07) is 0.569. The summed E-state index contributed by atoms with van der Waals surface area (Å²) in [5.74, 6) is 0.654. The Balaban J connectivity index is 2.52. The molecular formula is C12H25NO2. The minimum absolute atomic E-state index is 0.0131. The standard InChI is InChI=1S/C12H25NO2/c1-5-13(11(4)10(2)3)6-12(7-14)8-15-9-12/h10-11,14H,5-9H2,1-4H3. The Hall–Kier alpha value is -0.120. The summed E-state index contributed by atoms with van der Waals surface area (Å²) in [5, 5.41) is 9.39. The minimum Gasteiger partial charge on any atom is -0.396 e. The molecule has 1 saturated heterocycles. The van der Waals surface area contributed by atoms with Crippen molar-refractivity contribution in [2.24, 2.45) is 11.3 Å². The molecule has 15 heavy (non-hydrogen) atoms. The van der Waals surface area contributed by atoms with Crippen molar-refractivity contribution < 1.29 is 9.84 Å². The molecule has 1 fully saturated rings. The van der Waals surface area contributed by atoms with Gasteiger partial charge in [0.2, 0.25) is 0 Å². The highest BCUT2D eigenvalue weighted by molar-refractivity contribution is 4.89. The molecule has 1 aliphatic rings. The van der Waals surface area contributed by atoms with Crippen LogP contribution in [0.3, 0.4) is 0 Å². The molecule has 0 radical (unpaired) electrons. The zero-order valence-corrected chi connectivity index (χ0v) is 10.5. The van der Waals surface area contributed by atoms with Crippen molar-refractivity contribution in [2.45, 2.75) is 33.7 Å². The molecule has 0 aromatic carbocycles. The van der Waals surface area contributed by atoms with Gasteiger partial charge in [0.15, 0.2) is 0 Å². The minimum atomic E-state index is 0.0131. The van der Waals surface area contributed by atoms with Crippen LogP contribution in [0.15, 0.2) is 0 Å². The third-order valence-corrected chi connectivity index (χ3v) is 3.64. The zero-order chi connectivity index (χ0) is 11.5. The van der Waals surface area contributed by atoms with E-state index in [0.717, 1.165) is 13.1 Å². The summed E-state index contributed by atoms with van der Waals surface area (Å²) < 4.78 is 5.23. The van der Waals surface area contributed by atoms with Gasteiger partial charge < -0.3 is 9.84 Å². The molecule has 1 rings (SSSR count). The number of hydrogen-bond acceptors (Lipinski definition) is 3. The molecule has 1 N–H and O–H groups in total. The molecule has 3 heteroatoms. The normalized spacial score (nSPS) is 21.8. The summed E-state index contributed by atoms with van der Waals surface area (Å²) in [6.45, 7) is 12.6. The van der Waals surface area contributed by atoms with Crippen LogP contribution in [0.1, 0.15) is 27.7 Å². The quantitative estimate of drug-likeness (QED) is 0.726. The van der Waals surface area contributed by atoms with E-state index in [1.54, 1.807) is 0 Å². The summed E-state index contributed by atoms with van der Waals surface area (Å²) >= 11 is 0. The van der Waals surface area contributed by atoms with Crippen LogP contribution < -0.4 is 0 Å². The number of aliphatic hydroxyl groups excluding tert-OH is 1. The van der Waals surface area contributed by atoms with Crippen LogP contribution in [0.5, 0.6) is 0 Å². The Morgan fingerprint density at radius 1 is 1.33 bits per heavy atom. The number of rotatable bonds is 6. The highest BCUT2D eigenvalue weighted by Crippen LogP contribution is 2.29. The Bertz CT molecular complexity index is 185. The van der Waals surface area contributed by atoms with Crippen molar-refractivity contribution in [3.8, 4) is 0 Å². The lowest BCUT2D eigenvalue weighted by molar-refractivity contribution is -0.152. The molecule has 0 aromatic heterocycles. The average molecular weight is 215 g/mol. The Morgan fingerprint density at radius 2 is 1.93 bits per heavy atom. The molecular weight excluding hydrogens is 190 g/mol. The van der Waals surface area contributed by atoms with Gasteiger partial charge in [-0.15, -0.1) is 0 Å². The highest BCUT2D eigenvalue weighted by atomic mass is 16.5. The second kappa shape index (κ2) is 5.28. The van der Waals surface area contributed by atoms with Crippen LogP contribution in [0, 0.1) is 11.3 Å². The number of aliphatic hydroxyl groups is 1. The lowest BCUT2D eigenvalue weighted by Gasteiger charge is -2.45. The fourth-order valence-corrected chi connectivity index (χ4v) is 2.02. The van der Waals surface area contributed by atoms with E-state index in [1.807, 2.05) is 0 Å². The van der Waals surface area contributed by atoms with E-state index in [4.69, 9.17) is 4.74 Å². The molecule has 1 atom stereocenters. The van der Waals surface area contributed by atoms with Gasteiger partial charge in [-0.1, -0.05) is 20.8 Å². The van der Waals surface area contributed by atoms with Gasteiger partial charge in [0.25, 0.3) is 0 Å². The van der Waals surface area contributed by atoms with Crippen molar-refractivity contribution in [3.63, 3.8) is 0 Å². The zero-order valence-electron chi connectivity index (χ0n) is 10.5. The maximum atomic E-state index is 9.39. The maximum Gasteiger partial charge on any atom is 0.0579 e. The molecule has 1 unspecified atom stereocenters. The number of hydrogen-bond donors (Lipinski definition) is 1. The van der Waals surface area contributed by atoms with E-state index >= 15 is 0 Å². The molecule has 0 aromatic rings. The molecule has 0 bridgehead atoms. The van der Waals surface area contributed by atoms with Crippen molar-refractivity contribution in [2.75, 3.05) is 32.9 Å². The molecule has 90 valence electrons. The third kappa shape index (κ3) is 2.92. The summed E-state index contributed by atoms with van der Waals surface area (Å²) in [6.07, 6.45) is 0. The highest BCUT2D eigenvalue weighted by Gasteiger charge is 2.40. The third-order valence-electron chi connectivity index (χ3n) is 3.64. The largest absolute Gasteiger partial charge is 0.396 e. The first-order valence-corrected chi connectivity index (χ1v) is 5.97. The first-order chi connectivity index (χ1) is 7.04. The van der Waals surface area contributed by atoms with Crippen LogP contribution in [0.4, 0.5) is 0 Å². The van der Waals surface area contributed by atoms with E-state index in [2.05, 4.69) is 32.6 Å². The van der Waals surface area contributed by atoms with E-state index in [1.165, 1.54) is 0 Å². The van der Waals surface area contributed by atoms with Gasteiger partial charge in [-0.25, -0.2) is 0 Å². The Labute approximate surface area is 93.4 Å². The molecule has 0 saturated carbocycles. The predicted octanol–water partition coefficient (Wildman–Crippen LogP) is 1.36. The lowest BCUT2D eigenvalue weighted by atomic mass is 9.85. The van der Waals surface area contributed by atoms with Crippen molar-refractivity contribution in [3.05, 3.63) is 0 Å². The van der Waals surface area contributed by atoms with Gasteiger partial charge in [0, 0.05) is 12.6 Å². The Morgan fingerprint density at radius 3 is 2.20 bits per heavy atom. The van der Waals surface area contributed by atoms with Gasteiger partial charge in [-0.05, 0) is 19.4 Å². The molecule has 0 amide bonds. The summed E-state index contributed by atoms with van der Waals surface area (Å²) in [7, 11) is 0. The molecule has 1 aliphatic heterocycles. The van der Waals surface area contributed by atoms with Crippen LogP contribution in [-0.4, -0.2) is 49.0 Å². The topological polar surface area (TPSA) is 32.7 Å². The van der Waals surface area contributed by atoms with Gasteiger partial charge in [0.1, 0.15) is 0 Å². The van der Waals surface area contributed by atoms with E-state index in [9.17, 15) is 5.11 Å². The maximum absolute atomic E-state index is 9.39. The summed E-state index contributed by atoms with van der Waals surface area (Å²) in [5.41, 5.74) is 0.0131. The predicted molar refractivity (Wildman–Crippen MR) is 61.9 cm³/mol. The fourth-order valence-electron chi connectivity index (χ4n) is 2.02. The second-order valence-electron chi connectivity index (χ2n) is 5.20. The molecule has 0 spiro atoms. The Kier molecular flexibility index (Phi) is 4.56. The van der Waals surface area contributed by atoms with Gasteiger partial charge >= 0.3 is 0 Å². The van der Waals surface area contributed by atoms with Crippen LogP contribution in [0.2, 0.25) is 0 Å². The van der Waals surface area contributed by atoms with E-state index in [0.29, 0.717) is 25.2 Å². The SMILES string of the molecule is CCN(CC1(CO)COC1)C(C)C(C)C. The average Bonchev–Trinajstić information content (AvgIpc) is 2.16. The van der Waals surface area contributed by atoms with Crippen LogP contribution in [0.25, 0.3) is 0 Å². The van der Waals surface area contributed by atoms with Gasteiger partial charge in [-0.3, -0.25) is 4.90 Å². The van der Waals surface area contributed by atoms with Crippen molar-refractivity contribution in [1.82, 2.24) is 4.90 Å². The first-order valence-electron chi connectivity index (χ1n) is 5.97. The van der Waals surface area contributed by atoms with Crippen molar-refractivity contribution in [1.29, 1.82) is 0 Å². The van der Waals surface area contributed by atoms with Gasteiger partial charge in [0.05, 0.1) is 25.2 Å². The molecule has 0 aliphatic carbocycles. The van der Waals surface area contributed by atoms with E-state index in [-0.39, 0.29) is 12.0 Å². The fraction of sp³-hybridized carbons (Fsp3) is 1.00. The van der Waals surface area contributed by atoms with Crippen LogP contribution in [-0.2, 0) is 4.74 Å².